The lowest BCUT2D eigenvalue weighted by atomic mass is 10.1. The van der Waals surface area contributed by atoms with Crippen molar-refractivity contribution in [2.75, 3.05) is 13.7 Å². The summed E-state index contributed by atoms with van der Waals surface area (Å²) in [6.07, 6.45) is 0.175. The van der Waals surface area contributed by atoms with Gasteiger partial charge in [0, 0.05) is 22.8 Å². The van der Waals surface area contributed by atoms with Crippen LogP contribution in [-0.2, 0) is 15.3 Å². The van der Waals surface area contributed by atoms with Crippen molar-refractivity contribution in [2.24, 2.45) is 0 Å². The Bertz CT molecular complexity index is 641. The molecular weight excluding hydrogens is 310 g/mol. The third kappa shape index (κ3) is 5.79. The van der Waals surface area contributed by atoms with Gasteiger partial charge in [-0.15, -0.1) is 11.8 Å². The van der Waals surface area contributed by atoms with Crippen LogP contribution in [0.5, 0.6) is 0 Å². The number of ether oxygens (including phenoxy) is 1. The molecule has 4 nitrogen and oxygen atoms in total. The molecule has 2 aromatic carbocycles. The van der Waals surface area contributed by atoms with E-state index in [0.29, 0.717) is 5.56 Å². The van der Waals surface area contributed by atoms with Crippen LogP contribution in [0.1, 0.15) is 22.3 Å². The fourth-order valence-corrected chi connectivity index (χ4v) is 2.79. The molecule has 0 fully saturated rings. The van der Waals surface area contributed by atoms with Crippen LogP contribution in [0.4, 0.5) is 0 Å². The highest BCUT2D eigenvalue weighted by molar-refractivity contribution is 7.98. The molecule has 0 aliphatic rings. The predicted octanol–water partition coefficient (Wildman–Crippen LogP) is 3.27. The molecule has 1 amide bonds. The molecule has 0 aliphatic carbocycles. The van der Waals surface area contributed by atoms with Crippen molar-refractivity contribution in [1.82, 2.24) is 5.32 Å². The summed E-state index contributed by atoms with van der Waals surface area (Å²) in [6.45, 7) is 0.275. The Hall–Kier alpha value is -2.27. The lowest BCUT2D eigenvalue weighted by Gasteiger charge is -2.06. The van der Waals surface area contributed by atoms with Gasteiger partial charge < -0.3 is 10.1 Å². The van der Waals surface area contributed by atoms with E-state index in [-0.39, 0.29) is 24.8 Å². The molecule has 2 aromatic rings. The summed E-state index contributed by atoms with van der Waals surface area (Å²) in [6, 6.07) is 17.7. The van der Waals surface area contributed by atoms with Gasteiger partial charge in [-0.3, -0.25) is 9.59 Å². The Kier molecular flexibility index (Phi) is 6.69. The first kappa shape index (κ1) is 17.1. The molecule has 1 N–H and O–H groups in total. The van der Waals surface area contributed by atoms with Crippen molar-refractivity contribution >= 4 is 23.6 Å². The third-order valence-corrected chi connectivity index (χ3v) is 4.29. The van der Waals surface area contributed by atoms with Crippen molar-refractivity contribution in [3.63, 3.8) is 0 Å². The van der Waals surface area contributed by atoms with E-state index in [0.717, 1.165) is 11.3 Å². The van der Waals surface area contributed by atoms with Crippen LogP contribution in [0.15, 0.2) is 59.5 Å². The van der Waals surface area contributed by atoms with Crippen molar-refractivity contribution in [2.45, 2.75) is 17.1 Å². The van der Waals surface area contributed by atoms with Gasteiger partial charge in [-0.2, -0.15) is 0 Å². The van der Waals surface area contributed by atoms with Gasteiger partial charge in [-0.1, -0.05) is 30.3 Å². The lowest BCUT2D eigenvalue weighted by Crippen LogP contribution is -2.26. The minimum atomic E-state index is -0.335. The van der Waals surface area contributed by atoms with Gasteiger partial charge in [0.1, 0.15) is 0 Å². The van der Waals surface area contributed by atoms with E-state index in [1.807, 2.05) is 30.3 Å². The Morgan fingerprint density at radius 1 is 1.04 bits per heavy atom. The second kappa shape index (κ2) is 9.00. The molecule has 120 valence electrons. The molecule has 0 heterocycles. The Labute approximate surface area is 140 Å². The average molecular weight is 329 g/mol. The van der Waals surface area contributed by atoms with E-state index >= 15 is 0 Å². The van der Waals surface area contributed by atoms with Crippen LogP contribution in [0.25, 0.3) is 0 Å². The summed E-state index contributed by atoms with van der Waals surface area (Å²) in [5.41, 5.74) is 1.74. The molecule has 23 heavy (non-hydrogen) atoms. The molecule has 0 bridgehead atoms. The quantitative estimate of drug-likeness (QED) is 0.626. The molecule has 0 saturated carbocycles. The molecule has 0 radical (unpaired) electrons. The maximum Gasteiger partial charge on any atom is 0.307 e. The summed E-state index contributed by atoms with van der Waals surface area (Å²) < 4.78 is 4.52. The molecule has 0 saturated heterocycles. The van der Waals surface area contributed by atoms with Crippen LogP contribution in [0, 0.1) is 0 Å². The number of carbonyl (C=O) groups excluding carboxylic acids is 2. The predicted molar refractivity (Wildman–Crippen MR) is 91.4 cm³/mol. The number of benzene rings is 2. The maximum atomic E-state index is 11.9. The smallest absolute Gasteiger partial charge is 0.307 e. The van der Waals surface area contributed by atoms with Crippen molar-refractivity contribution in [3.05, 3.63) is 65.7 Å². The number of hydrogen-bond donors (Lipinski definition) is 1. The number of carbonyl (C=O) groups is 2. The first-order valence-corrected chi connectivity index (χ1v) is 8.29. The number of esters is 1. The molecule has 0 spiro atoms. The lowest BCUT2D eigenvalue weighted by molar-refractivity contribution is -0.140. The minimum absolute atomic E-state index is 0.175. The van der Waals surface area contributed by atoms with Crippen molar-refractivity contribution in [1.29, 1.82) is 0 Å². The van der Waals surface area contributed by atoms with E-state index < -0.39 is 0 Å². The Morgan fingerprint density at radius 3 is 2.39 bits per heavy atom. The van der Waals surface area contributed by atoms with E-state index in [9.17, 15) is 9.59 Å². The number of nitrogens with one attached hydrogen (secondary N) is 1. The number of methoxy groups -OCH3 is 1. The van der Waals surface area contributed by atoms with Crippen LogP contribution >= 0.6 is 11.8 Å². The van der Waals surface area contributed by atoms with Crippen molar-refractivity contribution < 1.29 is 14.3 Å². The SMILES string of the molecule is COC(=O)CCNC(=O)c1ccc(CSc2ccccc2)cc1. The molecule has 5 heteroatoms. The summed E-state index contributed by atoms with van der Waals surface area (Å²) >= 11 is 1.76. The van der Waals surface area contributed by atoms with Gasteiger partial charge in [0.2, 0.25) is 0 Å². The zero-order chi connectivity index (χ0) is 16.5. The van der Waals surface area contributed by atoms with Crippen LogP contribution in [-0.4, -0.2) is 25.5 Å². The van der Waals surface area contributed by atoms with Gasteiger partial charge in [-0.25, -0.2) is 0 Å². The summed E-state index contributed by atoms with van der Waals surface area (Å²) in [5, 5.41) is 2.70. The first-order chi connectivity index (χ1) is 11.2. The molecule has 0 aliphatic heterocycles. The molecular formula is C18H19NO3S. The van der Waals surface area contributed by atoms with E-state index in [2.05, 4.69) is 22.2 Å². The first-order valence-electron chi connectivity index (χ1n) is 7.31. The number of amides is 1. The Balaban J connectivity index is 1.81. The van der Waals surface area contributed by atoms with E-state index in [1.165, 1.54) is 12.0 Å². The van der Waals surface area contributed by atoms with Crippen LogP contribution in [0.3, 0.4) is 0 Å². The Morgan fingerprint density at radius 2 is 1.74 bits per heavy atom. The second-order valence-electron chi connectivity index (χ2n) is 4.88. The molecule has 0 atom stereocenters. The fraction of sp³-hybridized carbons (Fsp3) is 0.222. The fourth-order valence-electron chi connectivity index (χ4n) is 1.92. The molecule has 0 unspecified atom stereocenters. The normalized spacial score (nSPS) is 10.1. The number of hydrogen-bond acceptors (Lipinski definition) is 4. The van der Waals surface area contributed by atoms with Crippen LogP contribution < -0.4 is 5.32 Å². The summed E-state index contributed by atoms with van der Waals surface area (Å²) in [7, 11) is 1.33. The average Bonchev–Trinajstić information content (AvgIpc) is 2.61. The monoisotopic (exact) mass is 329 g/mol. The van der Waals surface area contributed by atoms with Gasteiger partial charge >= 0.3 is 5.97 Å². The third-order valence-electron chi connectivity index (χ3n) is 3.21. The van der Waals surface area contributed by atoms with Crippen molar-refractivity contribution in [3.8, 4) is 0 Å². The van der Waals surface area contributed by atoms with E-state index in [1.54, 1.807) is 23.9 Å². The zero-order valence-electron chi connectivity index (χ0n) is 13.0. The topological polar surface area (TPSA) is 55.4 Å². The highest BCUT2D eigenvalue weighted by Crippen LogP contribution is 2.22. The summed E-state index contributed by atoms with van der Waals surface area (Å²) in [4.78, 5) is 24.1. The summed E-state index contributed by atoms with van der Waals surface area (Å²) in [5.74, 6) is 0.337. The second-order valence-corrected chi connectivity index (χ2v) is 5.93. The highest BCUT2D eigenvalue weighted by Gasteiger charge is 2.06. The van der Waals surface area contributed by atoms with Gasteiger partial charge in [0.25, 0.3) is 5.91 Å². The number of thioether (sulfide) groups is 1. The molecule has 2 rings (SSSR count). The minimum Gasteiger partial charge on any atom is -0.469 e. The molecule has 0 aromatic heterocycles. The standard InChI is InChI=1S/C18H19NO3S/c1-22-17(20)11-12-19-18(21)15-9-7-14(8-10-15)13-23-16-5-3-2-4-6-16/h2-10H,11-13H2,1H3,(H,19,21). The van der Waals surface area contributed by atoms with Gasteiger partial charge in [-0.05, 0) is 29.8 Å². The van der Waals surface area contributed by atoms with Gasteiger partial charge in [0.05, 0.1) is 13.5 Å². The zero-order valence-corrected chi connectivity index (χ0v) is 13.8. The maximum absolute atomic E-state index is 11.9. The highest BCUT2D eigenvalue weighted by atomic mass is 32.2. The largest absolute Gasteiger partial charge is 0.469 e. The van der Waals surface area contributed by atoms with Crippen LogP contribution in [0.2, 0.25) is 0 Å². The van der Waals surface area contributed by atoms with E-state index in [4.69, 9.17) is 0 Å². The number of rotatable bonds is 7. The van der Waals surface area contributed by atoms with Gasteiger partial charge in [0.15, 0.2) is 0 Å².